The molecule has 0 aliphatic rings. The molecule has 1 amide bonds. The minimum absolute atomic E-state index is 0.295. The van der Waals surface area contributed by atoms with Crippen LogP contribution < -0.4 is 5.32 Å². The number of rotatable bonds is 5. The number of hydrogen-bond donors (Lipinski definition) is 2. The summed E-state index contributed by atoms with van der Waals surface area (Å²) in [6, 6.07) is 4.60. The van der Waals surface area contributed by atoms with Gasteiger partial charge in [-0.25, -0.2) is 0 Å². The Balaban J connectivity index is 2.68. The Kier molecular flexibility index (Phi) is 6.29. The quantitative estimate of drug-likeness (QED) is 0.879. The van der Waals surface area contributed by atoms with E-state index >= 15 is 0 Å². The number of hydrogen-bond acceptors (Lipinski definition) is 3. The molecule has 6 heteroatoms. The Hall–Kier alpha value is -0.420. The van der Waals surface area contributed by atoms with Gasteiger partial charge in [-0.15, -0.1) is 0 Å². The van der Waals surface area contributed by atoms with E-state index in [0.29, 0.717) is 27.4 Å². The fraction of sp³-hybridized carbons (Fsp3) is 0.417. The maximum absolute atomic E-state index is 11.7. The number of carbonyl (C=O) groups is 1. The molecule has 1 aromatic rings. The molecule has 0 saturated carbocycles. The smallest absolute Gasteiger partial charge is 0.253 e. The summed E-state index contributed by atoms with van der Waals surface area (Å²) < 4.78 is 0. The summed E-state index contributed by atoms with van der Waals surface area (Å²) in [5.41, 5.74) is 0.391. The number of aliphatic hydroxyl groups excluding tert-OH is 1. The molecule has 0 aliphatic carbocycles. The highest BCUT2D eigenvalue weighted by Crippen LogP contribution is 2.23. The topological polar surface area (TPSA) is 49.3 Å². The number of aliphatic hydroxyl groups is 1. The minimum Gasteiger partial charge on any atom is -0.378 e. The maximum atomic E-state index is 11.7. The van der Waals surface area contributed by atoms with Gasteiger partial charge in [-0.05, 0) is 30.0 Å². The zero-order valence-electron chi connectivity index (χ0n) is 10.1. The SMILES string of the molecule is CS[C@@H](C)CNC(=O)[C@H](O)c1cc(Cl)cc(Cl)c1. The van der Waals surface area contributed by atoms with E-state index in [-0.39, 0.29) is 0 Å². The van der Waals surface area contributed by atoms with Crippen LogP contribution in [0.5, 0.6) is 0 Å². The summed E-state index contributed by atoms with van der Waals surface area (Å²) in [4.78, 5) is 11.7. The number of amides is 1. The molecule has 100 valence electrons. The van der Waals surface area contributed by atoms with E-state index in [4.69, 9.17) is 23.2 Å². The lowest BCUT2D eigenvalue weighted by molar-refractivity contribution is -0.129. The van der Waals surface area contributed by atoms with Crippen molar-refractivity contribution < 1.29 is 9.90 Å². The summed E-state index contributed by atoms with van der Waals surface area (Å²) >= 11 is 13.3. The van der Waals surface area contributed by atoms with Crippen LogP contribution in [0.25, 0.3) is 0 Å². The average Bonchev–Trinajstić information content (AvgIpc) is 2.33. The van der Waals surface area contributed by atoms with Crippen molar-refractivity contribution in [3.8, 4) is 0 Å². The normalized spacial score (nSPS) is 14.1. The van der Waals surface area contributed by atoms with Gasteiger partial charge < -0.3 is 10.4 Å². The van der Waals surface area contributed by atoms with Crippen molar-refractivity contribution in [3.63, 3.8) is 0 Å². The summed E-state index contributed by atoms with van der Waals surface area (Å²) in [5.74, 6) is -0.450. The highest BCUT2D eigenvalue weighted by Gasteiger charge is 2.18. The van der Waals surface area contributed by atoms with E-state index in [1.54, 1.807) is 17.8 Å². The Morgan fingerprint density at radius 1 is 1.39 bits per heavy atom. The van der Waals surface area contributed by atoms with Gasteiger partial charge in [0.25, 0.3) is 5.91 Å². The molecule has 1 rings (SSSR count). The van der Waals surface area contributed by atoms with Gasteiger partial charge in [0.2, 0.25) is 0 Å². The molecule has 0 aliphatic heterocycles. The zero-order chi connectivity index (χ0) is 13.7. The highest BCUT2D eigenvalue weighted by molar-refractivity contribution is 7.99. The molecule has 0 saturated heterocycles. The number of halogens is 2. The second kappa shape index (κ2) is 7.24. The second-order valence-corrected chi connectivity index (χ2v) is 6.05. The number of thioether (sulfide) groups is 1. The van der Waals surface area contributed by atoms with Crippen LogP contribution in [0.1, 0.15) is 18.6 Å². The minimum atomic E-state index is -1.25. The Morgan fingerprint density at radius 3 is 2.44 bits per heavy atom. The van der Waals surface area contributed by atoms with Gasteiger partial charge in [0.1, 0.15) is 0 Å². The molecule has 0 radical (unpaired) electrons. The van der Waals surface area contributed by atoms with Crippen LogP contribution >= 0.6 is 35.0 Å². The van der Waals surface area contributed by atoms with Crippen LogP contribution in [-0.2, 0) is 4.79 Å². The molecule has 3 nitrogen and oxygen atoms in total. The summed E-state index contributed by atoms with van der Waals surface area (Å²) in [5, 5.41) is 13.6. The van der Waals surface area contributed by atoms with Crippen LogP contribution in [-0.4, -0.2) is 29.1 Å². The third-order valence-electron chi connectivity index (χ3n) is 2.42. The molecule has 2 N–H and O–H groups in total. The zero-order valence-corrected chi connectivity index (χ0v) is 12.4. The van der Waals surface area contributed by atoms with E-state index in [1.807, 2.05) is 13.2 Å². The second-order valence-electron chi connectivity index (χ2n) is 3.90. The first-order chi connectivity index (χ1) is 8.43. The third-order valence-corrected chi connectivity index (χ3v) is 3.82. The van der Waals surface area contributed by atoms with Crippen LogP contribution in [0.3, 0.4) is 0 Å². The molecule has 0 unspecified atom stereocenters. The van der Waals surface area contributed by atoms with E-state index in [0.717, 1.165) is 0 Å². The van der Waals surface area contributed by atoms with Gasteiger partial charge in [-0.3, -0.25) is 4.79 Å². The van der Waals surface area contributed by atoms with Crippen molar-refractivity contribution in [1.29, 1.82) is 0 Å². The molecule has 18 heavy (non-hydrogen) atoms. The summed E-state index contributed by atoms with van der Waals surface area (Å²) in [7, 11) is 0. The van der Waals surface area contributed by atoms with Crippen molar-refractivity contribution in [3.05, 3.63) is 33.8 Å². The van der Waals surface area contributed by atoms with Gasteiger partial charge >= 0.3 is 0 Å². The fourth-order valence-electron chi connectivity index (χ4n) is 1.31. The largest absolute Gasteiger partial charge is 0.378 e. The predicted molar refractivity (Wildman–Crippen MR) is 77.4 cm³/mol. The molecule has 0 bridgehead atoms. The van der Waals surface area contributed by atoms with Crippen molar-refractivity contribution in [2.75, 3.05) is 12.8 Å². The van der Waals surface area contributed by atoms with Crippen molar-refractivity contribution in [2.24, 2.45) is 0 Å². The van der Waals surface area contributed by atoms with Crippen LogP contribution in [0.4, 0.5) is 0 Å². The summed E-state index contributed by atoms with van der Waals surface area (Å²) in [6.07, 6.45) is 0.708. The lowest BCUT2D eigenvalue weighted by Gasteiger charge is -2.14. The first-order valence-electron chi connectivity index (χ1n) is 5.38. The summed E-state index contributed by atoms with van der Waals surface area (Å²) in [6.45, 7) is 2.50. The van der Waals surface area contributed by atoms with E-state index in [1.165, 1.54) is 12.1 Å². The van der Waals surface area contributed by atoms with Crippen LogP contribution in [0.15, 0.2) is 18.2 Å². The molecule has 0 aromatic heterocycles. The molecule has 0 heterocycles. The average molecular weight is 308 g/mol. The molecule has 0 fully saturated rings. The number of nitrogens with one attached hydrogen (secondary N) is 1. The maximum Gasteiger partial charge on any atom is 0.253 e. The monoisotopic (exact) mass is 307 g/mol. The van der Waals surface area contributed by atoms with Crippen molar-refractivity contribution in [1.82, 2.24) is 5.32 Å². The number of carbonyl (C=O) groups excluding carboxylic acids is 1. The Bertz CT molecular complexity index is 408. The van der Waals surface area contributed by atoms with Crippen molar-refractivity contribution in [2.45, 2.75) is 18.3 Å². The van der Waals surface area contributed by atoms with Gasteiger partial charge in [-0.2, -0.15) is 11.8 Å². The fourth-order valence-corrected chi connectivity index (χ4v) is 2.10. The molecule has 0 spiro atoms. The van der Waals surface area contributed by atoms with Crippen LogP contribution in [0.2, 0.25) is 10.0 Å². The first-order valence-corrected chi connectivity index (χ1v) is 7.43. The lowest BCUT2D eigenvalue weighted by atomic mass is 10.1. The van der Waals surface area contributed by atoms with Gasteiger partial charge in [0, 0.05) is 21.8 Å². The highest BCUT2D eigenvalue weighted by atomic mass is 35.5. The number of benzene rings is 1. The predicted octanol–water partition coefficient (Wildman–Crippen LogP) is 2.89. The van der Waals surface area contributed by atoms with Gasteiger partial charge in [-0.1, -0.05) is 30.1 Å². The Morgan fingerprint density at radius 2 is 1.94 bits per heavy atom. The van der Waals surface area contributed by atoms with Crippen LogP contribution in [0, 0.1) is 0 Å². The van der Waals surface area contributed by atoms with E-state index in [2.05, 4.69) is 5.32 Å². The standard InChI is InChI=1S/C12H15Cl2NO2S/c1-7(18-2)6-15-12(17)11(16)8-3-9(13)5-10(14)4-8/h3-5,7,11,16H,6H2,1-2H3,(H,15,17)/t7-,11+/m0/s1. The van der Waals surface area contributed by atoms with E-state index < -0.39 is 12.0 Å². The van der Waals surface area contributed by atoms with Gasteiger partial charge in [0.15, 0.2) is 6.10 Å². The molecule has 1 aromatic carbocycles. The molecular formula is C12H15Cl2NO2S. The molecular weight excluding hydrogens is 293 g/mol. The van der Waals surface area contributed by atoms with E-state index in [9.17, 15) is 9.90 Å². The van der Waals surface area contributed by atoms with Gasteiger partial charge in [0.05, 0.1) is 0 Å². The molecule has 2 atom stereocenters. The first kappa shape index (κ1) is 15.6. The third kappa shape index (κ3) is 4.69. The van der Waals surface area contributed by atoms with Crippen molar-refractivity contribution >= 4 is 40.9 Å². The lowest BCUT2D eigenvalue weighted by Crippen LogP contribution is -2.33. The Labute approximate surface area is 121 Å².